The molecule has 6 heteroatoms. The number of hydrogen-bond acceptors (Lipinski definition) is 6. The van der Waals surface area contributed by atoms with E-state index in [1.54, 1.807) is 0 Å². The molecule has 2 fully saturated rings. The van der Waals surface area contributed by atoms with E-state index in [1.165, 1.54) is 57.8 Å². The maximum absolute atomic E-state index is 8.43. The smallest absolute Gasteiger partial charge is 0.0701 e. The van der Waals surface area contributed by atoms with Gasteiger partial charge in [0, 0.05) is 13.2 Å². The lowest BCUT2D eigenvalue weighted by Crippen LogP contribution is -2.11. The Kier molecular flexibility index (Phi) is 23.8. The average molecular weight is 421 g/mol. The van der Waals surface area contributed by atoms with Gasteiger partial charge in [-0.1, -0.05) is 46.0 Å². The highest BCUT2D eigenvalue weighted by Crippen LogP contribution is 2.25. The molecule has 0 unspecified atom stereocenters. The molecule has 0 saturated heterocycles. The van der Waals surface area contributed by atoms with Gasteiger partial charge in [0.15, 0.2) is 0 Å². The third-order valence-corrected chi connectivity index (χ3v) is 4.87. The fourth-order valence-electron chi connectivity index (χ4n) is 3.42. The summed E-state index contributed by atoms with van der Waals surface area (Å²) in [5.41, 5.74) is 0. The summed E-state index contributed by atoms with van der Waals surface area (Å²) in [7, 11) is 0. The second-order valence-corrected chi connectivity index (χ2v) is 7.83. The van der Waals surface area contributed by atoms with Crippen LogP contribution in [0.2, 0.25) is 0 Å². The minimum atomic E-state index is 0.0998. The highest BCUT2D eigenvalue weighted by atomic mass is 16.5. The third-order valence-electron chi connectivity index (χ3n) is 4.87. The van der Waals surface area contributed by atoms with Crippen LogP contribution in [0.1, 0.15) is 71.6 Å². The summed E-state index contributed by atoms with van der Waals surface area (Å²) in [6, 6.07) is 0. The Hall–Kier alpha value is -0.240. The van der Waals surface area contributed by atoms with Crippen molar-refractivity contribution in [2.45, 2.75) is 71.6 Å². The molecule has 29 heavy (non-hydrogen) atoms. The topological polar surface area (TPSA) is 77.4 Å². The molecule has 2 aliphatic carbocycles. The lowest BCUT2D eigenvalue weighted by atomic mass is 10.1. The Bertz CT molecular complexity index is 263. The monoisotopic (exact) mass is 420 g/mol. The highest BCUT2D eigenvalue weighted by Gasteiger charge is 2.15. The second kappa shape index (κ2) is 24.0. The van der Waals surface area contributed by atoms with Gasteiger partial charge in [-0.2, -0.15) is 0 Å². The number of ether oxygens (including phenoxy) is 4. The molecular weight excluding hydrogens is 372 g/mol. The summed E-state index contributed by atoms with van der Waals surface area (Å²) in [5, 5.41) is 16.9. The van der Waals surface area contributed by atoms with Crippen molar-refractivity contribution < 1.29 is 29.2 Å². The highest BCUT2D eigenvalue weighted by molar-refractivity contribution is 4.66. The molecule has 0 spiro atoms. The van der Waals surface area contributed by atoms with Crippen molar-refractivity contribution in [1.82, 2.24) is 0 Å². The molecule has 0 radical (unpaired) electrons. The van der Waals surface area contributed by atoms with Gasteiger partial charge in [-0.25, -0.2) is 0 Å². The van der Waals surface area contributed by atoms with Crippen LogP contribution in [0.3, 0.4) is 0 Å². The fourth-order valence-corrected chi connectivity index (χ4v) is 3.42. The third kappa shape index (κ3) is 20.8. The van der Waals surface area contributed by atoms with E-state index in [-0.39, 0.29) is 13.2 Å². The van der Waals surface area contributed by atoms with Crippen molar-refractivity contribution in [2.75, 3.05) is 66.1 Å². The van der Waals surface area contributed by atoms with Gasteiger partial charge in [0.25, 0.3) is 0 Å². The number of rotatable bonds is 14. The van der Waals surface area contributed by atoms with Crippen LogP contribution in [0.15, 0.2) is 0 Å². The van der Waals surface area contributed by atoms with Crippen molar-refractivity contribution in [3.05, 3.63) is 0 Å². The van der Waals surface area contributed by atoms with E-state index >= 15 is 0 Å². The Balaban J connectivity index is 0.000000477. The van der Waals surface area contributed by atoms with Gasteiger partial charge in [0.05, 0.1) is 52.9 Å². The van der Waals surface area contributed by atoms with Crippen LogP contribution in [-0.2, 0) is 18.9 Å². The normalized spacial score (nSPS) is 17.0. The van der Waals surface area contributed by atoms with Gasteiger partial charge >= 0.3 is 0 Å². The van der Waals surface area contributed by atoms with Gasteiger partial charge in [0.1, 0.15) is 0 Å². The van der Waals surface area contributed by atoms with Gasteiger partial charge in [-0.15, -0.1) is 0 Å². The second-order valence-electron chi connectivity index (χ2n) is 7.83. The standard InChI is InChI=1S/2C10H20O3.C3H8/c2*11-5-6-12-7-8-13-9-10-3-1-2-4-10;1-3-2/h2*10-11H,1-9H2;3H2,1-2H3. The first-order valence-corrected chi connectivity index (χ1v) is 11.8. The number of hydrogen-bond donors (Lipinski definition) is 2. The summed E-state index contributed by atoms with van der Waals surface area (Å²) in [4.78, 5) is 0. The molecule has 0 heterocycles. The Labute approximate surface area is 179 Å². The zero-order valence-electron chi connectivity index (χ0n) is 19.1. The SMILES string of the molecule is CCC.OCCOCCOCC1CCCC1.OCCOCCOCC1CCCC1. The van der Waals surface area contributed by atoms with Crippen LogP contribution in [0, 0.1) is 11.8 Å². The van der Waals surface area contributed by atoms with Crippen molar-refractivity contribution in [1.29, 1.82) is 0 Å². The summed E-state index contributed by atoms with van der Waals surface area (Å²) < 4.78 is 21.1. The predicted octanol–water partition coefficient (Wildman–Crippen LogP) is 3.82. The lowest BCUT2D eigenvalue weighted by molar-refractivity contribution is 0.0227. The van der Waals surface area contributed by atoms with Crippen LogP contribution >= 0.6 is 0 Å². The van der Waals surface area contributed by atoms with Gasteiger partial charge in [-0.05, 0) is 37.5 Å². The van der Waals surface area contributed by atoms with Gasteiger partial charge in [-0.3, -0.25) is 0 Å². The van der Waals surface area contributed by atoms with E-state index < -0.39 is 0 Å². The number of aliphatic hydroxyl groups is 2. The van der Waals surface area contributed by atoms with Crippen molar-refractivity contribution >= 4 is 0 Å². The predicted molar refractivity (Wildman–Crippen MR) is 117 cm³/mol. The maximum atomic E-state index is 8.43. The van der Waals surface area contributed by atoms with Crippen LogP contribution < -0.4 is 0 Å². The molecule has 2 N–H and O–H groups in total. The molecule has 2 aliphatic rings. The Morgan fingerprint density at radius 1 is 0.552 bits per heavy atom. The molecular formula is C23H48O6. The van der Waals surface area contributed by atoms with Crippen molar-refractivity contribution in [3.63, 3.8) is 0 Å². The summed E-state index contributed by atoms with van der Waals surface area (Å²) in [5.74, 6) is 1.58. The largest absolute Gasteiger partial charge is 0.394 e. The van der Waals surface area contributed by atoms with Crippen LogP contribution in [-0.4, -0.2) is 76.3 Å². The van der Waals surface area contributed by atoms with E-state index in [0.29, 0.717) is 39.6 Å². The van der Waals surface area contributed by atoms with E-state index in [2.05, 4.69) is 13.8 Å². The molecule has 2 rings (SSSR count). The fraction of sp³-hybridized carbons (Fsp3) is 1.00. The quantitative estimate of drug-likeness (QED) is 0.416. The van der Waals surface area contributed by atoms with E-state index in [1.807, 2.05) is 0 Å². The molecule has 0 atom stereocenters. The molecule has 0 aliphatic heterocycles. The first kappa shape index (κ1) is 28.8. The summed E-state index contributed by atoms with van der Waals surface area (Å²) >= 11 is 0. The molecule has 0 aromatic carbocycles. The molecule has 0 aromatic rings. The van der Waals surface area contributed by atoms with E-state index in [0.717, 1.165) is 25.0 Å². The maximum Gasteiger partial charge on any atom is 0.0701 e. The van der Waals surface area contributed by atoms with E-state index in [4.69, 9.17) is 29.2 Å². The molecule has 6 nitrogen and oxygen atoms in total. The molecule has 0 aromatic heterocycles. The van der Waals surface area contributed by atoms with Gasteiger partial charge in [0.2, 0.25) is 0 Å². The van der Waals surface area contributed by atoms with Gasteiger partial charge < -0.3 is 29.2 Å². The zero-order chi connectivity index (χ0) is 21.4. The van der Waals surface area contributed by atoms with E-state index in [9.17, 15) is 0 Å². The number of aliphatic hydroxyl groups excluding tert-OH is 2. The molecule has 2 saturated carbocycles. The zero-order valence-corrected chi connectivity index (χ0v) is 19.1. The molecule has 0 bridgehead atoms. The summed E-state index contributed by atoms with van der Waals surface area (Å²) in [6.07, 6.45) is 12.1. The average Bonchev–Trinajstić information content (AvgIpc) is 3.43. The van der Waals surface area contributed by atoms with Crippen LogP contribution in [0.25, 0.3) is 0 Å². The Morgan fingerprint density at radius 2 is 0.862 bits per heavy atom. The summed E-state index contributed by atoms with van der Waals surface area (Å²) in [6.45, 7) is 9.61. The van der Waals surface area contributed by atoms with Crippen LogP contribution in [0.4, 0.5) is 0 Å². The minimum Gasteiger partial charge on any atom is -0.394 e. The first-order chi connectivity index (χ1) is 14.3. The minimum absolute atomic E-state index is 0.0998. The van der Waals surface area contributed by atoms with Crippen molar-refractivity contribution in [3.8, 4) is 0 Å². The molecule has 0 amide bonds. The lowest BCUT2D eigenvalue weighted by Gasteiger charge is -2.09. The van der Waals surface area contributed by atoms with Crippen LogP contribution in [0.5, 0.6) is 0 Å². The van der Waals surface area contributed by atoms with Crippen molar-refractivity contribution in [2.24, 2.45) is 11.8 Å². The first-order valence-electron chi connectivity index (χ1n) is 11.8. The molecule has 176 valence electrons. The Morgan fingerprint density at radius 3 is 1.17 bits per heavy atom.